The molecule has 0 saturated carbocycles. The number of hydrogen-bond donors (Lipinski definition) is 4. The van der Waals surface area contributed by atoms with Crippen LogP contribution in [0.1, 0.15) is 23.3 Å². The highest BCUT2D eigenvalue weighted by Crippen LogP contribution is 2.44. The molecule has 1 aromatic heterocycles. The molecule has 16 heteroatoms. The maximum Gasteiger partial charge on any atom is 0.418 e. The molecule has 2 aliphatic heterocycles. The molecule has 1 aromatic rings. The molecule has 2 amide bonds. The highest BCUT2D eigenvalue weighted by atomic mass is 32.3. The van der Waals surface area contributed by atoms with Crippen molar-refractivity contribution in [1.29, 1.82) is 0 Å². The Balaban J connectivity index is 2.00. The van der Waals surface area contributed by atoms with Crippen LogP contribution in [0.25, 0.3) is 0 Å². The lowest BCUT2D eigenvalue weighted by Crippen LogP contribution is -2.44. The number of hydrogen-bond acceptors (Lipinski definition) is 10. The van der Waals surface area contributed by atoms with Gasteiger partial charge in [-0.25, -0.2) is 4.79 Å². The largest absolute Gasteiger partial charge is 0.418 e. The summed E-state index contributed by atoms with van der Waals surface area (Å²) in [5.74, 6) is 0.0184. The van der Waals surface area contributed by atoms with Crippen molar-refractivity contribution < 1.29 is 32.1 Å². The Bertz CT molecular complexity index is 930. The zero-order valence-electron chi connectivity index (χ0n) is 15.2. The van der Waals surface area contributed by atoms with Crippen LogP contribution < -0.4 is 11.2 Å². The molecule has 5 N–H and O–H groups in total. The first-order valence-electron chi connectivity index (χ1n) is 8.35. The summed E-state index contributed by atoms with van der Waals surface area (Å²) in [7, 11) is -3.54. The molecule has 0 aromatic carbocycles. The first-order chi connectivity index (χ1) is 13.8. The summed E-state index contributed by atoms with van der Waals surface area (Å²) in [6, 6.07) is -2.61. The normalized spacial score (nSPS) is 21.8. The Morgan fingerprint density at radius 2 is 2.31 bits per heavy atom. The Kier molecular flexibility index (Phi) is 5.99. The SMILES string of the molecule is CN=C(NO)[C@@H]1c2c(cnn2C/C=N/OCCN)[C@@H]2CN1C(=O)N2OS(=O)(=O)O. The quantitative estimate of drug-likeness (QED) is 0.122. The molecule has 0 unspecified atom stereocenters. The van der Waals surface area contributed by atoms with Crippen molar-refractivity contribution in [3.8, 4) is 0 Å². The summed E-state index contributed by atoms with van der Waals surface area (Å²) in [4.78, 5) is 22.8. The number of aromatic nitrogens is 2. The summed E-state index contributed by atoms with van der Waals surface area (Å²) in [6.07, 6.45) is 2.86. The third-order valence-corrected chi connectivity index (χ3v) is 4.68. The number of amidine groups is 1. The Morgan fingerprint density at radius 3 is 2.93 bits per heavy atom. The van der Waals surface area contributed by atoms with Crippen LogP contribution >= 0.6 is 0 Å². The summed E-state index contributed by atoms with van der Waals surface area (Å²) in [5.41, 5.74) is 8.16. The van der Waals surface area contributed by atoms with Crippen LogP contribution in [0.15, 0.2) is 16.3 Å². The topological polar surface area (TPSA) is 197 Å². The Hall–Kier alpha value is -2.79. The van der Waals surface area contributed by atoms with E-state index < -0.39 is 28.5 Å². The van der Waals surface area contributed by atoms with Gasteiger partial charge in [0, 0.05) is 19.2 Å². The monoisotopic (exact) mass is 432 g/mol. The fraction of sp³-hybridized carbons (Fsp3) is 0.538. The highest BCUT2D eigenvalue weighted by molar-refractivity contribution is 7.80. The van der Waals surface area contributed by atoms with Gasteiger partial charge in [0.25, 0.3) is 0 Å². The van der Waals surface area contributed by atoms with Gasteiger partial charge in [0.15, 0.2) is 0 Å². The zero-order chi connectivity index (χ0) is 21.2. The van der Waals surface area contributed by atoms with Gasteiger partial charge in [0.1, 0.15) is 24.5 Å². The van der Waals surface area contributed by atoms with Gasteiger partial charge in [0.2, 0.25) is 0 Å². The fourth-order valence-electron chi connectivity index (χ4n) is 3.26. The lowest BCUT2D eigenvalue weighted by molar-refractivity contribution is -0.0316. The molecule has 2 atom stereocenters. The summed E-state index contributed by atoms with van der Waals surface area (Å²) < 4.78 is 37.3. The zero-order valence-corrected chi connectivity index (χ0v) is 16.1. The van der Waals surface area contributed by atoms with Crippen molar-refractivity contribution in [3.05, 3.63) is 17.5 Å². The van der Waals surface area contributed by atoms with Gasteiger partial charge >= 0.3 is 16.4 Å². The molecule has 3 heterocycles. The van der Waals surface area contributed by atoms with Crippen LogP contribution in [0.5, 0.6) is 0 Å². The van der Waals surface area contributed by atoms with E-state index in [9.17, 15) is 18.4 Å². The molecule has 160 valence electrons. The third kappa shape index (κ3) is 4.01. The molecular weight excluding hydrogens is 412 g/mol. The minimum absolute atomic E-state index is 0.0184. The van der Waals surface area contributed by atoms with Gasteiger partial charge in [-0.05, 0) is 0 Å². The first kappa shape index (κ1) is 20.9. The number of oxime groups is 1. The highest BCUT2D eigenvalue weighted by Gasteiger charge is 2.53. The average molecular weight is 432 g/mol. The number of aliphatic imine (C=N–C) groups is 1. The molecule has 0 spiro atoms. The summed E-state index contributed by atoms with van der Waals surface area (Å²) in [6.45, 7) is 0.708. The number of amides is 2. The maximum absolute atomic E-state index is 12.7. The first-order valence-corrected chi connectivity index (χ1v) is 9.72. The van der Waals surface area contributed by atoms with E-state index in [1.807, 2.05) is 5.48 Å². The minimum atomic E-state index is -4.94. The van der Waals surface area contributed by atoms with Crippen LogP contribution in [-0.2, 0) is 26.1 Å². The molecule has 29 heavy (non-hydrogen) atoms. The number of hydroxylamine groups is 3. The van der Waals surface area contributed by atoms with Crippen LogP contribution in [0.4, 0.5) is 4.79 Å². The molecule has 0 radical (unpaired) electrons. The third-order valence-electron chi connectivity index (χ3n) is 4.33. The minimum Gasteiger partial charge on any atom is -0.395 e. The van der Waals surface area contributed by atoms with E-state index in [0.717, 1.165) is 0 Å². The number of fused-ring (bicyclic) bond motifs is 4. The van der Waals surface area contributed by atoms with Crippen molar-refractivity contribution in [2.75, 3.05) is 26.7 Å². The lowest BCUT2D eigenvalue weighted by Gasteiger charge is -2.31. The molecule has 1 saturated heterocycles. The predicted octanol–water partition coefficient (Wildman–Crippen LogP) is -1.58. The van der Waals surface area contributed by atoms with Crippen LogP contribution in [0, 0.1) is 0 Å². The summed E-state index contributed by atoms with van der Waals surface area (Å²) >= 11 is 0. The number of nitrogens with one attached hydrogen (secondary N) is 1. The van der Waals surface area contributed by atoms with Gasteiger partial charge in [0.05, 0.1) is 31.2 Å². The van der Waals surface area contributed by atoms with Crippen molar-refractivity contribution >= 4 is 28.5 Å². The second-order valence-corrected chi connectivity index (χ2v) is 6.98. The average Bonchev–Trinajstić information content (AvgIpc) is 3.20. The van der Waals surface area contributed by atoms with Crippen molar-refractivity contribution in [3.63, 3.8) is 0 Å². The fourth-order valence-corrected chi connectivity index (χ4v) is 3.63. The lowest BCUT2D eigenvalue weighted by atomic mass is 9.97. The maximum atomic E-state index is 12.7. The molecule has 2 aliphatic rings. The van der Waals surface area contributed by atoms with Crippen molar-refractivity contribution in [2.24, 2.45) is 15.9 Å². The van der Waals surface area contributed by atoms with E-state index in [0.29, 0.717) is 22.9 Å². The van der Waals surface area contributed by atoms with Gasteiger partial charge in [-0.15, -0.1) is 4.28 Å². The number of urea groups is 1. The smallest absolute Gasteiger partial charge is 0.395 e. The Morgan fingerprint density at radius 1 is 1.55 bits per heavy atom. The number of nitrogens with zero attached hydrogens (tertiary/aromatic N) is 6. The molecular formula is C13H20N8O7S. The van der Waals surface area contributed by atoms with Gasteiger partial charge < -0.3 is 15.5 Å². The molecule has 2 bridgehead atoms. The van der Waals surface area contributed by atoms with Gasteiger partial charge in [-0.2, -0.15) is 18.6 Å². The summed E-state index contributed by atoms with van der Waals surface area (Å²) in [5, 5.41) is 18.0. The second kappa shape index (κ2) is 8.29. The number of carbonyl (C=O) groups is 1. The van der Waals surface area contributed by atoms with E-state index >= 15 is 0 Å². The van der Waals surface area contributed by atoms with E-state index in [2.05, 4.69) is 19.5 Å². The van der Waals surface area contributed by atoms with E-state index in [4.69, 9.17) is 15.1 Å². The van der Waals surface area contributed by atoms with Crippen LogP contribution in [-0.4, -0.2) is 82.7 Å². The van der Waals surface area contributed by atoms with E-state index in [1.54, 1.807) is 0 Å². The molecule has 0 aliphatic carbocycles. The molecule has 15 nitrogen and oxygen atoms in total. The standard InChI is InChI=1S/C13H20N8O7S/c1-15-12(18-23)11-10-8(6-16-20(10)4-3-17-27-5-2-14)9-7-19(11)13(22)21(9)28-29(24,25)26/h3,6,9,11,23H,2,4-5,7,14H2,1H3,(H,15,18)(H,24,25,26)/b17-3+/t9-,11-/m0/s1. The van der Waals surface area contributed by atoms with E-state index in [1.165, 1.54) is 29.0 Å². The van der Waals surface area contributed by atoms with E-state index in [-0.39, 0.29) is 25.5 Å². The number of rotatable bonds is 8. The van der Waals surface area contributed by atoms with Gasteiger partial charge in [-0.1, -0.05) is 5.16 Å². The van der Waals surface area contributed by atoms with Crippen molar-refractivity contribution in [1.82, 2.24) is 25.2 Å². The van der Waals surface area contributed by atoms with Gasteiger partial charge in [-0.3, -0.25) is 24.9 Å². The number of carbonyl (C=O) groups excluding carboxylic acids is 1. The Labute approximate surface area is 165 Å². The molecule has 3 rings (SSSR count). The second-order valence-electron chi connectivity index (χ2n) is 5.98. The predicted molar refractivity (Wildman–Crippen MR) is 96.1 cm³/mol. The van der Waals surface area contributed by atoms with Crippen LogP contribution in [0.3, 0.4) is 0 Å². The van der Waals surface area contributed by atoms with Crippen LogP contribution in [0.2, 0.25) is 0 Å². The number of nitrogens with two attached hydrogens (primary N) is 1. The van der Waals surface area contributed by atoms with Crippen molar-refractivity contribution in [2.45, 2.75) is 18.6 Å². The molecule has 1 fully saturated rings.